The number of methoxy groups -OCH3 is 1. The molecule has 1 heterocycles. The number of aromatic nitrogens is 1. The Labute approximate surface area is 94.0 Å². The van der Waals surface area contributed by atoms with Crippen LogP contribution in [0.25, 0.3) is 5.57 Å². The van der Waals surface area contributed by atoms with E-state index in [4.69, 9.17) is 9.84 Å². The summed E-state index contributed by atoms with van der Waals surface area (Å²) in [6, 6.07) is 3.29. The second kappa shape index (κ2) is 5.16. The molecule has 5 heteroatoms. The minimum absolute atomic E-state index is 0.195. The minimum Gasteiger partial charge on any atom is -0.481 e. The Kier molecular flexibility index (Phi) is 3.88. The monoisotopic (exact) mass is 222 g/mol. The first-order valence-electron chi connectivity index (χ1n) is 4.66. The molecule has 0 aliphatic rings. The maximum absolute atomic E-state index is 11.0. The van der Waals surface area contributed by atoms with Crippen molar-refractivity contribution in [2.24, 2.45) is 0 Å². The summed E-state index contributed by atoms with van der Waals surface area (Å²) in [4.78, 5) is 16.7. The average molecular weight is 222 g/mol. The quantitative estimate of drug-likeness (QED) is 0.772. The first-order valence-corrected chi connectivity index (χ1v) is 4.66. The highest BCUT2D eigenvalue weighted by atomic mass is 16.5. The fraction of sp³-hybridized carbons (Fsp3) is 0.273. The second-order valence-corrected chi connectivity index (χ2v) is 3.40. The van der Waals surface area contributed by atoms with Crippen LogP contribution in [0.3, 0.4) is 0 Å². The Morgan fingerprint density at radius 1 is 1.50 bits per heavy atom. The second-order valence-electron chi connectivity index (χ2n) is 3.40. The van der Waals surface area contributed by atoms with Crippen LogP contribution in [-0.2, 0) is 4.79 Å². The number of aliphatic carboxylic acids is 1. The SMILES string of the molecule is COc1ccc(/C(=C\N(C)C)C(=O)O)cn1. The van der Waals surface area contributed by atoms with Gasteiger partial charge in [-0.2, -0.15) is 0 Å². The van der Waals surface area contributed by atoms with E-state index in [2.05, 4.69) is 4.98 Å². The van der Waals surface area contributed by atoms with Crippen LogP contribution in [0.5, 0.6) is 5.88 Å². The molecule has 0 bridgehead atoms. The number of nitrogens with zero attached hydrogens (tertiary/aromatic N) is 2. The maximum atomic E-state index is 11.0. The Morgan fingerprint density at radius 3 is 2.56 bits per heavy atom. The molecular weight excluding hydrogens is 208 g/mol. The predicted molar refractivity (Wildman–Crippen MR) is 60.1 cm³/mol. The molecule has 0 unspecified atom stereocenters. The normalized spacial score (nSPS) is 11.1. The summed E-state index contributed by atoms with van der Waals surface area (Å²) in [5.41, 5.74) is 0.738. The molecule has 0 saturated carbocycles. The van der Waals surface area contributed by atoms with Crippen molar-refractivity contribution in [1.29, 1.82) is 0 Å². The summed E-state index contributed by atoms with van der Waals surface area (Å²) in [6.45, 7) is 0. The van der Waals surface area contributed by atoms with E-state index in [-0.39, 0.29) is 5.57 Å². The summed E-state index contributed by atoms with van der Waals surface area (Å²) in [6.07, 6.45) is 3.01. The number of rotatable bonds is 4. The van der Waals surface area contributed by atoms with Crippen molar-refractivity contribution in [1.82, 2.24) is 9.88 Å². The topological polar surface area (TPSA) is 62.7 Å². The Hall–Kier alpha value is -2.04. The molecule has 0 radical (unpaired) electrons. The summed E-state index contributed by atoms with van der Waals surface area (Å²) in [5.74, 6) is -0.529. The summed E-state index contributed by atoms with van der Waals surface area (Å²) in [5, 5.41) is 9.05. The number of pyridine rings is 1. The van der Waals surface area contributed by atoms with Gasteiger partial charge in [0.15, 0.2) is 0 Å². The van der Waals surface area contributed by atoms with Crippen molar-refractivity contribution in [3.63, 3.8) is 0 Å². The van der Waals surface area contributed by atoms with Crippen molar-refractivity contribution in [2.75, 3.05) is 21.2 Å². The number of carboxylic acids is 1. The van der Waals surface area contributed by atoms with Crippen LogP contribution in [0.15, 0.2) is 24.5 Å². The third kappa shape index (κ3) is 2.98. The molecule has 0 aromatic carbocycles. The molecule has 0 spiro atoms. The van der Waals surface area contributed by atoms with Gasteiger partial charge in [0.2, 0.25) is 5.88 Å². The van der Waals surface area contributed by atoms with E-state index in [1.165, 1.54) is 19.5 Å². The number of hydrogen-bond acceptors (Lipinski definition) is 4. The van der Waals surface area contributed by atoms with Crippen LogP contribution < -0.4 is 4.74 Å². The molecule has 1 rings (SSSR count). The first-order chi connectivity index (χ1) is 7.54. The predicted octanol–water partition coefficient (Wildman–Crippen LogP) is 1.08. The zero-order valence-corrected chi connectivity index (χ0v) is 9.47. The largest absolute Gasteiger partial charge is 0.481 e. The van der Waals surface area contributed by atoms with Crippen LogP contribution in [0.2, 0.25) is 0 Å². The summed E-state index contributed by atoms with van der Waals surface area (Å²) >= 11 is 0. The molecule has 0 aliphatic heterocycles. The fourth-order valence-corrected chi connectivity index (χ4v) is 1.17. The standard InChI is InChI=1S/C11H14N2O3/c1-13(2)7-9(11(14)15)8-4-5-10(16-3)12-6-8/h4-7H,1-3H3,(H,14,15)/b9-7+. The van der Waals surface area contributed by atoms with Gasteiger partial charge in [-0.05, 0) is 6.07 Å². The smallest absolute Gasteiger partial charge is 0.337 e. The van der Waals surface area contributed by atoms with Gasteiger partial charge in [-0.3, -0.25) is 0 Å². The lowest BCUT2D eigenvalue weighted by atomic mass is 10.1. The van der Waals surface area contributed by atoms with E-state index in [1.54, 1.807) is 31.1 Å². The van der Waals surface area contributed by atoms with Crippen molar-refractivity contribution in [2.45, 2.75) is 0 Å². The third-order valence-corrected chi connectivity index (χ3v) is 1.87. The lowest BCUT2D eigenvalue weighted by molar-refractivity contribution is -0.130. The zero-order valence-electron chi connectivity index (χ0n) is 9.47. The van der Waals surface area contributed by atoms with Crippen LogP contribution >= 0.6 is 0 Å². The van der Waals surface area contributed by atoms with E-state index >= 15 is 0 Å². The van der Waals surface area contributed by atoms with Gasteiger partial charge in [0.25, 0.3) is 0 Å². The number of carboxylic acid groups (broad SMARTS) is 1. The van der Waals surface area contributed by atoms with Crippen LogP contribution in [0.1, 0.15) is 5.56 Å². The van der Waals surface area contributed by atoms with Crippen molar-refractivity contribution in [3.05, 3.63) is 30.1 Å². The van der Waals surface area contributed by atoms with E-state index < -0.39 is 5.97 Å². The molecular formula is C11H14N2O3. The molecule has 1 N–H and O–H groups in total. The van der Waals surface area contributed by atoms with Gasteiger partial charge in [-0.15, -0.1) is 0 Å². The van der Waals surface area contributed by atoms with E-state index in [0.29, 0.717) is 11.4 Å². The fourth-order valence-electron chi connectivity index (χ4n) is 1.17. The highest BCUT2D eigenvalue weighted by Gasteiger charge is 2.11. The molecule has 5 nitrogen and oxygen atoms in total. The third-order valence-electron chi connectivity index (χ3n) is 1.87. The van der Waals surface area contributed by atoms with Gasteiger partial charge in [-0.25, -0.2) is 9.78 Å². The highest BCUT2D eigenvalue weighted by molar-refractivity contribution is 6.15. The molecule has 0 amide bonds. The Balaban J connectivity index is 3.07. The van der Waals surface area contributed by atoms with Crippen molar-refractivity contribution in [3.8, 4) is 5.88 Å². The first kappa shape index (κ1) is 12.0. The number of carbonyl (C=O) groups is 1. The summed E-state index contributed by atoms with van der Waals surface area (Å²) in [7, 11) is 5.04. The molecule has 1 aromatic rings. The summed E-state index contributed by atoms with van der Waals surface area (Å²) < 4.78 is 4.90. The van der Waals surface area contributed by atoms with E-state index in [0.717, 1.165) is 0 Å². The minimum atomic E-state index is -0.985. The van der Waals surface area contributed by atoms with Crippen molar-refractivity contribution >= 4 is 11.5 Å². The molecule has 0 saturated heterocycles. The Morgan fingerprint density at radius 2 is 2.19 bits per heavy atom. The molecule has 0 atom stereocenters. The van der Waals surface area contributed by atoms with Crippen LogP contribution in [0, 0.1) is 0 Å². The molecule has 0 fully saturated rings. The lowest BCUT2D eigenvalue weighted by Crippen LogP contribution is -2.08. The Bertz CT molecular complexity index is 396. The van der Waals surface area contributed by atoms with Crippen LogP contribution in [-0.4, -0.2) is 42.2 Å². The van der Waals surface area contributed by atoms with E-state index in [9.17, 15) is 4.79 Å². The molecule has 1 aromatic heterocycles. The van der Waals surface area contributed by atoms with Crippen LogP contribution in [0.4, 0.5) is 0 Å². The van der Waals surface area contributed by atoms with Gasteiger partial charge in [0.1, 0.15) is 0 Å². The highest BCUT2D eigenvalue weighted by Crippen LogP contribution is 2.16. The van der Waals surface area contributed by atoms with Gasteiger partial charge in [-0.1, -0.05) is 0 Å². The van der Waals surface area contributed by atoms with Gasteiger partial charge >= 0.3 is 5.97 Å². The lowest BCUT2D eigenvalue weighted by Gasteiger charge is -2.08. The van der Waals surface area contributed by atoms with Crippen molar-refractivity contribution < 1.29 is 14.6 Å². The maximum Gasteiger partial charge on any atom is 0.337 e. The van der Waals surface area contributed by atoms with Gasteiger partial charge < -0.3 is 14.7 Å². The molecule has 86 valence electrons. The zero-order chi connectivity index (χ0) is 12.1. The number of hydrogen-bond donors (Lipinski definition) is 1. The number of ether oxygens (including phenoxy) is 1. The van der Waals surface area contributed by atoms with Gasteiger partial charge in [0, 0.05) is 38.1 Å². The van der Waals surface area contributed by atoms with E-state index in [1.807, 2.05) is 0 Å². The molecule has 0 aliphatic carbocycles. The average Bonchev–Trinajstić information content (AvgIpc) is 2.25. The van der Waals surface area contributed by atoms with Gasteiger partial charge in [0.05, 0.1) is 12.7 Å². The molecule has 16 heavy (non-hydrogen) atoms.